The Labute approximate surface area is 165 Å². The van der Waals surface area contributed by atoms with Crippen molar-refractivity contribution >= 4 is 34.7 Å². The van der Waals surface area contributed by atoms with Crippen LogP contribution >= 0.6 is 22.7 Å². The molecule has 8 heteroatoms. The van der Waals surface area contributed by atoms with Crippen LogP contribution < -0.4 is 4.74 Å². The molecule has 3 aromatic rings. The Morgan fingerprint density at radius 1 is 1.22 bits per heavy atom. The first-order chi connectivity index (χ1) is 12.9. The first kappa shape index (κ1) is 19.2. The largest absolute Gasteiger partial charge is 0.504 e. The van der Waals surface area contributed by atoms with Crippen molar-refractivity contribution < 1.29 is 14.6 Å². The lowest BCUT2D eigenvalue weighted by Gasteiger charge is -2.02. The summed E-state index contributed by atoms with van der Waals surface area (Å²) in [6.07, 6.45) is 1.56. The lowest BCUT2D eigenvalue weighted by atomic mass is 10.2. The molecule has 2 aromatic heterocycles. The summed E-state index contributed by atoms with van der Waals surface area (Å²) in [7, 11) is 1.49. The van der Waals surface area contributed by atoms with Crippen molar-refractivity contribution in [3.8, 4) is 21.4 Å². The summed E-state index contributed by atoms with van der Waals surface area (Å²) in [6.45, 7) is 5.77. The number of ether oxygens (including phenoxy) is 1. The molecule has 0 radical (unpaired) electrons. The van der Waals surface area contributed by atoms with Crippen molar-refractivity contribution in [2.45, 2.75) is 20.8 Å². The van der Waals surface area contributed by atoms with Gasteiger partial charge in [-0.1, -0.05) is 0 Å². The maximum Gasteiger partial charge on any atom is 0.196 e. The highest BCUT2D eigenvalue weighted by molar-refractivity contribution is 7.22. The van der Waals surface area contributed by atoms with Crippen LogP contribution in [-0.4, -0.2) is 40.7 Å². The number of Topliss-reactive ketones (excluding diaryl/α,β-unsaturated/α-hetero) is 1. The lowest BCUT2D eigenvalue weighted by Crippen LogP contribution is -2.03. The fraction of sp³-hybridized carbons (Fsp3) is 0.263. The van der Waals surface area contributed by atoms with Crippen LogP contribution in [0.15, 0.2) is 23.2 Å². The molecule has 0 saturated heterocycles. The summed E-state index contributed by atoms with van der Waals surface area (Å²) in [4.78, 5) is 27.3. The number of nitrogens with zero attached hydrogens (tertiary/aromatic N) is 3. The van der Waals surface area contributed by atoms with E-state index in [1.165, 1.54) is 24.5 Å². The van der Waals surface area contributed by atoms with Gasteiger partial charge in [-0.2, -0.15) is 0 Å². The van der Waals surface area contributed by atoms with Crippen LogP contribution in [0.2, 0.25) is 0 Å². The number of aliphatic imine (C=N–C) groups is 1. The number of phenols is 1. The minimum atomic E-state index is -0.0795. The third-order valence-electron chi connectivity index (χ3n) is 3.83. The van der Waals surface area contributed by atoms with Gasteiger partial charge in [0.1, 0.15) is 11.6 Å². The molecule has 1 aromatic carbocycles. The zero-order chi connectivity index (χ0) is 19.6. The van der Waals surface area contributed by atoms with Crippen molar-refractivity contribution in [3.63, 3.8) is 0 Å². The molecule has 0 saturated carbocycles. The topological polar surface area (TPSA) is 84.7 Å². The molecule has 0 unspecified atom stereocenters. The molecule has 0 amide bonds. The highest BCUT2D eigenvalue weighted by Crippen LogP contribution is 2.34. The Morgan fingerprint density at radius 3 is 2.63 bits per heavy atom. The number of aromatic hydroxyl groups is 1. The summed E-state index contributed by atoms with van der Waals surface area (Å²) >= 11 is 2.96. The Bertz CT molecular complexity index is 1020. The number of hydrogen-bond donors (Lipinski definition) is 1. The second-order valence-corrected chi connectivity index (χ2v) is 8.11. The zero-order valence-electron chi connectivity index (χ0n) is 15.4. The Balaban J connectivity index is 1.73. The second kappa shape index (κ2) is 7.98. The van der Waals surface area contributed by atoms with Gasteiger partial charge in [-0.05, 0) is 44.5 Å². The van der Waals surface area contributed by atoms with E-state index in [9.17, 15) is 9.90 Å². The molecule has 0 atom stereocenters. The van der Waals surface area contributed by atoms with E-state index in [0.717, 1.165) is 20.6 Å². The number of carbonyl (C=O) groups is 1. The third-order valence-corrected chi connectivity index (χ3v) is 6.25. The number of aryl methyl sites for hydroxylation is 3. The van der Waals surface area contributed by atoms with E-state index in [1.807, 2.05) is 20.8 Å². The normalized spacial score (nSPS) is 11.3. The summed E-state index contributed by atoms with van der Waals surface area (Å²) in [5.41, 5.74) is 2.34. The number of thiazole rings is 2. The lowest BCUT2D eigenvalue weighted by molar-refractivity contribution is 0.100. The van der Waals surface area contributed by atoms with Crippen molar-refractivity contribution in [1.82, 2.24) is 9.97 Å². The smallest absolute Gasteiger partial charge is 0.196 e. The third kappa shape index (κ3) is 4.23. The van der Waals surface area contributed by atoms with Gasteiger partial charge in [0.25, 0.3) is 0 Å². The summed E-state index contributed by atoms with van der Waals surface area (Å²) in [6, 6.07) is 4.95. The maximum absolute atomic E-state index is 12.5. The van der Waals surface area contributed by atoms with E-state index in [0.29, 0.717) is 21.9 Å². The van der Waals surface area contributed by atoms with Crippen molar-refractivity contribution in [1.29, 1.82) is 0 Å². The van der Waals surface area contributed by atoms with E-state index in [1.54, 1.807) is 29.7 Å². The molecular formula is C19H19N3O3S2. The first-order valence-corrected chi connectivity index (χ1v) is 9.84. The van der Waals surface area contributed by atoms with Gasteiger partial charge in [-0.3, -0.25) is 9.79 Å². The highest BCUT2D eigenvalue weighted by Gasteiger charge is 2.18. The molecule has 0 spiro atoms. The van der Waals surface area contributed by atoms with Crippen LogP contribution in [0.25, 0.3) is 9.88 Å². The predicted molar refractivity (Wildman–Crippen MR) is 109 cm³/mol. The van der Waals surface area contributed by atoms with Gasteiger partial charge in [0.05, 0.1) is 33.3 Å². The summed E-state index contributed by atoms with van der Waals surface area (Å²) < 4.78 is 5.00. The van der Waals surface area contributed by atoms with Crippen LogP contribution in [0.4, 0.5) is 0 Å². The number of benzene rings is 1. The van der Waals surface area contributed by atoms with E-state index in [2.05, 4.69) is 15.0 Å². The van der Waals surface area contributed by atoms with Gasteiger partial charge in [0, 0.05) is 6.21 Å². The Hall–Kier alpha value is -2.58. The van der Waals surface area contributed by atoms with Crippen LogP contribution in [0, 0.1) is 20.8 Å². The van der Waals surface area contributed by atoms with Gasteiger partial charge in [-0.25, -0.2) is 9.97 Å². The molecule has 6 nitrogen and oxygen atoms in total. The van der Waals surface area contributed by atoms with Gasteiger partial charge >= 0.3 is 0 Å². The molecule has 140 valence electrons. The van der Waals surface area contributed by atoms with Crippen LogP contribution in [-0.2, 0) is 0 Å². The highest BCUT2D eigenvalue weighted by atomic mass is 32.1. The van der Waals surface area contributed by atoms with E-state index in [4.69, 9.17) is 4.74 Å². The molecule has 0 bridgehead atoms. The molecule has 1 N–H and O–H groups in total. The van der Waals surface area contributed by atoms with Gasteiger partial charge in [0.15, 0.2) is 17.3 Å². The molecular weight excluding hydrogens is 382 g/mol. The fourth-order valence-electron chi connectivity index (χ4n) is 2.58. The van der Waals surface area contributed by atoms with E-state index in [-0.39, 0.29) is 18.1 Å². The maximum atomic E-state index is 12.5. The summed E-state index contributed by atoms with van der Waals surface area (Å²) in [5.74, 6) is 0.347. The molecule has 0 aliphatic carbocycles. The Kier molecular flexibility index (Phi) is 5.67. The van der Waals surface area contributed by atoms with Crippen LogP contribution in [0.3, 0.4) is 0 Å². The minimum absolute atomic E-state index is 0.0238. The molecule has 0 aliphatic heterocycles. The zero-order valence-corrected chi connectivity index (χ0v) is 17.1. The van der Waals surface area contributed by atoms with Crippen molar-refractivity contribution in [2.75, 3.05) is 13.7 Å². The van der Waals surface area contributed by atoms with Crippen LogP contribution in [0.5, 0.6) is 11.5 Å². The van der Waals surface area contributed by atoms with Crippen molar-refractivity contribution in [3.05, 3.63) is 45.0 Å². The molecule has 27 heavy (non-hydrogen) atoms. The van der Waals surface area contributed by atoms with Gasteiger partial charge in [0.2, 0.25) is 0 Å². The second-order valence-electron chi connectivity index (χ2n) is 5.91. The number of rotatable bonds is 6. The number of methoxy groups -OCH3 is 1. The average molecular weight is 402 g/mol. The van der Waals surface area contributed by atoms with Gasteiger partial charge in [-0.15, -0.1) is 22.7 Å². The predicted octanol–water partition coefficient (Wildman–Crippen LogP) is 4.21. The molecule has 0 fully saturated rings. The molecule has 3 rings (SSSR count). The minimum Gasteiger partial charge on any atom is -0.504 e. The van der Waals surface area contributed by atoms with E-state index >= 15 is 0 Å². The average Bonchev–Trinajstić information content (AvgIpc) is 3.16. The molecule has 2 heterocycles. The number of hydrogen-bond acceptors (Lipinski definition) is 8. The standard InChI is InChI=1S/C19H19N3O3S2/c1-10-17(27-19(22-10)18-11(2)21-12(3)26-18)15(24)9-20-8-13-5-6-16(25-4)14(23)7-13/h5-8,23H,9H2,1-4H3. The quantitative estimate of drug-likeness (QED) is 0.494. The summed E-state index contributed by atoms with van der Waals surface area (Å²) in [5, 5.41) is 11.6. The number of aromatic nitrogens is 2. The monoisotopic (exact) mass is 401 g/mol. The SMILES string of the molecule is COc1ccc(C=NCC(=O)c2sc(-c3sc(C)nc3C)nc2C)cc1O. The number of phenolic OH excluding ortho intramolecular Hbond substituents is 1. The van der Waals surface area contributed by atoms with Gasteiger partial charge < -0.3 is 9.84 Å². The Morgan fingerprint density at radius 2 is 2.00 bits per heavy atom. The van der Waals surface area contributed by atoms with Crippen molar-refractivity contribution in [2.24, 2.45) is 4.99 Å². The fourth-order valence-corrected chi connectivity index (χ4v) is 4.62. The van der Waals surface area contributed by atoms with Crippen LogP contribution in [0.1, 0.15) is 31.6 Å². The number of ketones is 1. The van der Waals surface area contributed by atoms with E-state index < -0.39 is 0 Å². The molecule has 0 aliphatic rings. The first-order valence-electron chi connectivity index (χ1n) is 8.21. The number of carbonyl (C=O) groups excluding carboxylic acids is 1.